The Balaban J connectivity index is 5.00. The molecule has 0 amide bonds. The smallest absolute Gasteiger partial charge is 0.330 e. The van der Waals surface area contributed by atoms with Crippen molar-refractivity contribution >= 4 is 22.1 Å². The maximum absolute atomic E-state index is 12.4. The van der Waals surface area contributed by atoms with Crippen LogP contribution < -0.4 is 0 Å². The van der Waals surface area contributed by atoms with Crippen LogP contribution in [0.4, 0.5) is 0 Å². The Bertz CT molecular complexity index is 516. The topological polar surface area (TPSA) is 118 Å². The van der Waals surface area contributed by atoms with Gasteiger partial charge in [0.1, 0.15) is 0 Å². The van der Waals surface area contributed by atoms with Crippen molar-refractivity contribution in [3.63, 3.8) is 0 Å². The Kier molecular flexibility index (Phi) is 12.5. The maximum Gasteiger partial charge on any atom is 0.330 e. The number of ether oxygens (including phenoxy) is 1. The summed E-state index contributed by atoms with van der Waals surface area (Å²) in [5.74, 6) is -2.62. The van der Waals surface area contributed by atoms with Gasteiger partial charge in [-0.1, -0.05) is 71.6 Å². The molecule has 0 fully saturated rings. The van der Waals surface area contributed by atoms with Crippen LogP contribution in [0.3, 0.4) is 0 Å². The SMILES string of the molecule is CCCCCCCCC(CC(=O)O)(C(=O)OCCCCCC)S(=O)(=O)O. The maximum atomic E-state index is 12.4. The molecule has 0 aliphatic rings. The lowest BCUT2D eigenvalue weighted by molar-refractivity contribution is -0.152. The molecule has 154 valence electrons. The molecular weight excluding hydrogens is 360 g/mol. The Morgan fingerprint density at radius 3 is 1.88 bits per heavy atom. The van der Waals surface area contributed by atoms with E-state index in [1.54, 1.807) is 0 Å². The number of unbranched alkanes of at least 4 members (excludes halogenated alkanes) is 8. The zero-order valence-corrected chi connectivity index (χ0v) is 16.9. The molecule has 1 unspecified atom stereocenters. The van der Waals surface area contributed by atoms with Crippen LogP contribution in [0.1, 0.15) is 90.9 Å². The van der Waals surface area contributed by atoms with Crippen LogP contribution in [-0.4, -0.2) is 41.4 Å². The van der Waals surface area contributed by atoms with E-state index in [2.05, 4.69) is 6.92 Å². The van der Waals surface area contributed by atoms with E-state index in [1.165, 1.54) is 0 Å². The Hall–Kier alpha value is -1.15. The lowest BCUT2D eigenvalue weighted by atomic mass is 9.96. The minimum absolute atomic E-state index is 0.0201. The standard InChI is InChI=1S/C18H34O7S/c1-3-5-7-9-10-11-13-18(15-16(19)20,26(22,23)24)17(21)25-14-12-8-6-4-2/h3-15H2,1-2H3,(H,19,20)(H,22,23,24). The van der Waals surface area contributed by atoms with Crippen LogP contribution >= 0.6 is 0 Å². The molecule has 2 N–H and O–H groups in total. The third-order valence-corrected chi connectivity index (χ3v) is 5.97. The van der Waals surface area contributed by atoms with Gasteiger partial charge in [-0.2, -0.15) is 8.42 Å². The minimum Gasteiger partial charge on any atom is -0.481 e. The zero-order chi connectivity index (χ0) is 20.1. The summed E-state index contributed by atoms with van der Waals surface area (Å²) in [6.45, 7) is 4.13. The molecule has 0 bridgehead atoms. The van der Waals surface area contributed by atoms with Crippen molar-refractivity contribution in [1.82, 2.24) is 0 Å². The number of hydrogen-bond acceptors (Lipinski definition) is 5. The molecule has 0 aromatic carbocycles. The van der Waals surface area contributed by atoms with Crippen LogP contribution in [0.5, 0.6) is 0 Å². The van der Waals surface area contributed by atoms with Crippen molar-refractivity contribution in [3.05, 3.63) is 0 Å². The summed E-state index contributed by atoms with van der Waals surface area (Å²) in [6, 6.07) is 0. The summed E-state index contributed by atoms with van der Waals surface area (Å²) < 4.78 is 36.1. The molecule has 0 aliphatic heterocycles. The van der Waals surface area contributed by atoms with E-state index in [1.807, 2.05) is 6.92 Å². The first-order valence-corrected chi connectivity index (χ1v) is 11.0. The Labute approximate surface area is 157 Å². The van der Waals surface area contributed by atoms with Gasteiger partial charge in [0, 0.05) is 0 Å². The summed E-state index contributed by atoms with van der Waals surface area (Å²) in [5.41, 5.74) is 0. The molecular formula is C18H34O7S. The molecule has 0 spiro atoms. The second-order valence-electron chi connectivity index (χ2n) is 6.75. The molecule has 1 atom stereocenters. The van der Waals surface area contributed by atoms with E-state index < -0.39 is 33.2 Å². The van der Waals surface area contributed by atoms with Gasteiger partial charge in [-0.15, -0.1) is 0 Å². The molecule has 0 saturated carbocycles. The summed E-state index contributed by atoms with van der Waals surface area (Å²) in [5, 5.41) is 9.09. The van der Waals surface area contributed by atoms with E-state index in [4.69, 9.17) is 9.84 Å². The Morgan fingerprint density at radius 2 is 1.38 bits per heavy atom. The second-order valence-corrected chi connectivity index (χ2v) is 8.49. The lowest BCUT2D eigenvalue weighted by Crippen LogP contribution is -2.49. The second kappa shape index (κ2) is 13.1. The fourth-order valence-electron chi connectivity index (χ4n) is 2.85. The molecule has 0 aliphatic carbocycles. The van der Waals surface area contributed by atoms with Gasteiger partial charge in [-0.25, -0.2) is 0 Å². The molecule has 26 heavy (non-hydrogen) atoms. The summed E-state index contributed by atoms with van der Waals surface area (Å²) in [6.07, 6.45) is 7.13. The minimum atomic E-state index is -4.92. The Morgan fingerprint density at radius 1 is 0.885 bits per heavy atom. The third kappa shape index (κ3) is 8.98. The number of carbonyl (C=O) groups excluding carboxylic acids is 1. The van der Waals surface area contributed by atoms with E-state index in [0.717, 1.165) is 44.9 Å². The number of aliphatic carboxylic acids is 1. The highest BCUT2D eigenvalue weighted by atomic mass is 32.2. The van der Waals surface area contributed by atoms with Crippen LogP contribution in [0, 0.1) is 0 Å². The molecule has 0 aromatic rings. The fraction of sp³-hybridized carbons (Fsp3) is 0.889. The highest BCUT2D eigenvalue weighted by Crippen LogP contribution is 2.30. The van der Waals surface area contributed by atoms with Crippen molar-refractivity contribution < 1.29 is 32.4 Å². The summed E-state index contributed by atoms with van der Waals surface area (Å²) in [7, 11) is -4.92. The summed E-state index contributed by atoms with van der Waals surface area (Å²) >= 11 is 0. The number of carboxylic acid groups (broad SMARTS) is 1. The number of hydrogen-bond donors (Lipinski definition) is 2. The molecule has 0 heterocycles. The molecule has 0 aromatic heterocycles. The van der Waals surface area contributed by atoms with Gasteiger partial charge in [0.2, 0.25) is 4.75 Å². The molecule has 0 saturated heterocycles. The van der Waals surface area contributed by atoms with Crippen molar-refractivity contribution in [3.8, 4) is 0 Å². The number of carboxylic acids is 1. The van der Waals surface area contributed by atoms with E-state index in [-0.39, 0.29) is 13.0 Å². The average molecular weight is 395 g/mol. The predicted molar refractivity (Wildman–Crippen MR) is 99.6 cm³/mol. The van der Waals surface area contributed by atoms with Crippen molar-refractivity contribution in [2.45, 2.75) is 95.6 Å². The van der Waals surface area contributed by atoms with E-state index in [0.29, 0.717) is 19.3 Å². The highest BCUT2D eigenvalue weighted by Gasteiger charge is 2.52. The van der Waals surface area contributed by atoms with Gasteiger partial charge in [-0.05, 0) is 12.8 Å². The highest BCUT2D eigenvalue weighted by molar-refractivity contribution is 7.88. The molecule has 0 rings (SSSR count). The quantitative estimate of drug-likeness (QED) is 0.231. The number of esters is 1. The van der Waals surface area contributed by atoms with Crippen LogP contribution in [0.2, 0.25) is 0 Å². The monoisotopic (exact) mass is 394 g/mol. The third-order valence-electron chi connectivity index (χ3n) is 4.47. The first-order valence-electron chi connectivity index (χ1n) is 9.57. The molecule has 7 nitrogen and oxygen atoms in total. The first-order chi connectivity index (χ1) is 12.2. The van der Waals surface area contributed by atoms with Crippen LogP contribution in [-0.2, 0) is 24.4 Å². The van der Waals surface area contributed by atoms with E-state index in [9.17, 15) is 22.6 Å². The van der Waals surface area contributed by atoms with Crippen molar-refractivity contribution in [2.24, 2.45) is 0 Å². The van der Waals surface area contributed by atoms with Gasteiger partial charge in [0.05, 0.1) is 13.0 Å². The van der Waals surface area contributed by atoms with Gasteiger partial charge < -0.3 is 9.84 Å². The zero-order valence-electron chi connectivity index (χ0n) is 16.0. The number of carbonyl (C=O) groups is 2. The normalized spacial score (nSPS) is 14.0. The molecule has 8 heteroatoms. The van der Waals surface area contributed by atoms with Gasteiger partial charge in [-0.3, -0.25) is 14.1 Å². The van der Waals surface area contributed by atoms with Crippen molar-refractivity contribution in [1.29, 1.82) is 0 Å². The number of rotatable bonds is 16. The van der Waals surface area contributed by atoms with Gasteiger partial charge in [0.25, 0.3) is 10.1 Å². The predicted octanol–water partition coefficient (Wildman–Crippen LogP) is 3.96. The molecule has 0 radical (unpaired) electrons. The van der Waals surface area contributed by atoms with Crippen molar-refractivity contribution in [2.75, 3.05) is 6.61 Å². The van der Waals surface area contributed by atoms with Gasteiger partial charge in [0.15, 0.2) is 0 Å². The first kappa shape index (κ1) is 24.8. The average Bonchev–Trinajstić information content (AvgIpc) is 2.55. The van der Waals surface area contributed by atoms with Gasteiger partial charge >= 0.3 is 11.9 Å². The lowest BCUT2D eigenvalue weighted by Gasteiger charge is -2.27. The summed E-state index contributed by atoms with van der Waals surface area (Å²) in [4.78, 5) is 23.6. The largest absolute Gasteiger partial charge is 0.481 e. The van der Waals surface area contributed by atoms with Crippen LogP contribution in [0.15, 0.2) is 0 Å². The fourth-order valence-corrected chi connectivity index (χ4v) is 3.83. The van der Waals surface area contributed by atoms with E-state index >= 15 is 0 Å². The van der Waals surface area contributed by atoms with Crippen LogP contribution in [0.25, 0.3) is 0 Å².